The van der Waals surface area contributed by atoms with Crippen molar-refractivity contribution in [2.75, 3.05) is 6.61 Å². The van der Waals surface area contributed by atoms with E-state index in [1.54, 1.807) is 0 Å². The summed E-state index contributed by atoms with van der Waals surface area (Å²) in [6.07, 6.45) is 5.76. The summed E-state index contributed by atoms with van der Waals surface area (Å²) in [6, 6.07) is 0. The maximum atomic E-state index is 11.0. The van der Waals surface area contributed by atoms with E-state index in [9.17, 15) is 4.79 Å². The molecule has 1 fully saturated rings. The van der Waals surface area contributed by atoms with Gasteiger partial charge in [-0.1, -0.05) is 0 Å². The highest BCUT2D eigenvalue weighted by molar-refractivity contribution is 5.90. The molecule has 0 radical (unpaired) electrons. The Morgan fingerprint density at radius 2 is 2.47 bits per heavy atom. The minimum atomic E-state index is -0.0849. The smallest absolute Gasteiger partial charge is 0.197 e. The maximum absolute atomic E-state index is 11.0. The molecule has 2 heterocycles. The van der Waals surface area contributed by atoms with Crippen molar-refractivity contribution in [3.8, 4) is 0 Å². The minimum Gasteiger partial charge on any atom is -0.438 e. The number of aromatic nitrogens is 1. The zero-order valence-electron chi connectivity index (χ0n) is 8.86. The zero-order chi connectivity index (χ0) is 10.7. The molecule has 0 amide bonds. The molecule has 0 bridgehead atoms. The predicted molar refractivity (Wildman–Crippen MR) is 53.8 cm³/mol. The number of ether oxygens (including phenoxy) is 1. The average molecular weight is 209 g/mol. The summed E-state index contributed by atoms with van der Waals surface area (Å²) < 4.78 is 10.9. The van der Waals surface area contributed by atoms with Gasteiger partial charge in [-0.15, -0.1) is 0 Å². The highest BCUT2D eigenvalue weighted by Crippen LogP contribution is 2.17. The lowest BCUT2D eigenvalue weighted by molar-refractivity contribution is 0.0130. The summed E-state index contributed by atoms with van der Waals surface area (Å²) in [5.41, 5.74) is 0. The largest absolute Gasteiger partial charge is 0.438 e. The number of oxazole rings is 1. The second-order valence-electron chi connectivity index (χ2n) is 3.87. The Morgan fingerprint density at radius 1 is 1.60 bits per heavy atom. The number of Topliss-reactive ketones (excluding diaryl/α,β-unsaturated/α-hetero) is 1. The molecule has 4 nitrogen and oxygen atoms in total. The van der Waals surface area contributed by atoms with Crippen molar-refractivity contribution in [2.45, 2.75) is 38.7 Å². The van der Waals surface area contributed by atoms with E-state index in [0.717, 1.165) is 19.4 Å². The van der Waals surface area contributed by atoms with Crippen LogP contribution in [0.1, 0.15) is 42.6 Å². The third kappa shape index (κ3) is 2.65. The van der Waals surface area contributed by atoms with Crippen molar-refractivity contribution in [1.29, 1.82) is 0 Å². The highest BCUT2D eigenvalue weighted by Gasteiger charge is 2.17. The van der Waals surface area contributed by atoms with Gasteiger partial charge in [-0.25, -0.2) is 4.98 Å². The summed E-state index contributed by atoms with van der Waals surface area (Å²) in [5, 5.41) is 0. The summed E-state index contributed by atoms with van der Waals surface area (Å²) in [7, 11) is 0. The van der Waals surface area contributed by atoms with Crippen LogP contribution in [0, 0.1) is 0 Å². The first-order valence-electron chi connectivity index (χ1n) is 5.33. The van der Waals surface area contributed by atoms with Gasteiger partial charge in [0.25, 0.3) is 0 Å². The molecule has 1 unspecified atom stereocenters. The van der Waals surface area contributed by atoms with Gasteiger partial charge in [0.1, 0.15) is 0 Å². The lowest BCUT2D eigenvalue weighted by atomic mass is 10.1. The lowest BCUT2D eigenvalue weighted by Gasteiger charge is -2.20. The van der Waals surface area contributed by atoms with Gasteiger partial charge >= 0.3 is 0 Å². The van der Waals surface area contributed by atoms with Crippen molar-refractivity contribution in [3.63, 3.8) is 0 Å². The molecule has 1 aromatic heterocycles. The Balaban J connectivity index is 1.94. The van der Waals surface area contributed by atoms with Crippen LogP contribution in [-0.4, -0.2) is 23.5 Å². The molecule has 1 aliphatic rings. The van der Waals surface area contributed by atoms with Crippen LogP contribution in [0.5, 0.6) is 0 Å². The molecule has 1 saturated heterocycles. The van der Waals surface area contributed by atoms with E-state index in [-0.39, 0.29) is 11.9 Å². The molecule has 0 aromatic carbocycles. The number of carbonyl (C=O) groups is 1. The van der Waals surface area contributed by atoms with Gasteiger partial charge in [0, 0.05) is 13.5 Å². The van der Waals surface area contributed by atoms with Crippen LogP contribution in [0.2, 0.25) is 0 Å². The Bertz CT molecular complexity index is 339. The Labute approximate surface area is 88.6 Å². The normalized spacial score (nSPS) is 21.5. The van der Waals surface area contributed by atoms with E-state index in [1.807, 2.05) is 0 Å². The summed E-state index contributed by atoms with van der Waals surface area (Å²) in [6.45, 7) is 2.30. The van der Waals surface area contributed by atoms with Crippen molar-refractivity contribution in [2.24, 2.45) is 0 Å². The summed E-state index contributed by atoms with van der Waals surface area (Å²) in [5.74, 6) is 0.853. The highest BCUT2D eigenvalue weighted by atomic mass is 16.5. The molecular formula is C11H15NO3. The molecular weight excluding hydrogens is 194 g/mol. The zero-order valence-corrected chi connectivity index (χ0v) is 8.86. The Kier molecular flexibility index (Phi) is 3.16. The number of rotatable bonds is 3. The van der Waals surface area contributed by atoms with E-state index in [2.05, 4.69) is 4.98 Å². The molecule has 0 N–H and O–H groups in total. The molecule has 0 aliphatic carbocycles. The lowest BCUT2D eigenvalue weighted by Crippen LogP contribution is -2.21. The van der Waals surface area contributed by atoms with Crippen LogP contribution in [-0.2, 0) is 11.2 Å². The van der Waals surface area contributed by atoms with Crippen LogP contribution >= 0.6 is 0 Å². The second kappa shape index (κ2) is 4.57. The first-order valence-corrected chi connectivity index (χ1v) is 5.33. The minimum absolute atomic E-state index is 0.0849. The third-order valence-electron chi connectivity index (χ3n) is 2.58. The maximum Gasteiger partial charge on any atom is 0.197 e. The van der Waals surface area contributed by atoms with Crippen LogP contribution in [0.3, 0.4) is 0 Å². The van der Waals surface area contributed by atoms with Gasteiger partial charge in [0.05, 0.1) is 18.7 Å². The second-order valence-corrected chi connectivity index (χ2v) is 3.87. The van der Waals surface area contributed by atoms with Gasteiger partial charge in [-0.05, 0) is 19.3 Å². The van der Waals surface area contributed by atoms with E-state index >= 15 is 0 Å². The van der Waals surface area contributed by atoms with E-state index in [0.29, 0.717) is 18.1 Å². The van der Waals surface area contributed by atoms with Crippen LogP contribution in [0.25, 0.3) is 0 Å². The van der Waals surface area contributed by atoms with Crippen LogP contribution in [0.4, 0.5) is 0 Å². The van der Waals surface area contributed by atoms with E-state index in [1.165, 1.54) is 19.5 Å². The monoisotopic (exact) mass is 209 g/mol. The van der Waals surface area contributed by atoms with Crippen molar-refractivity contribution >= 4 is 5.78 Å². The molecule has 15 heavy (non-hydrogen) atoms. The van der Waals surface area contributed by atoms with Gasteiger partial charge < -0.3 is 9.15 Å². The van der Waals surface area contributed by atoms with E-state index in [4.69, 9.17) is 9.15 Å². The summed E-state index contributed by atoms with van der Waals surface area (Å²) in [4.78, 5) is 15.0. The van der Waals surface area contributed by atoms with Gasteiger partial charge in [0.2, 0.25) is 0 Å². The van der Waals surface area contributed by atoms with Crippen molar-refractivity contribution in [1.82, 2.24) is 4.98 Å². The number of hydrogen-bond acceptors (Lipinski definition) is 4. The van der Waals surface area contributed by atoms with Crippen LogP contribution < -0.4 is 0 Å². The van der Waals surface area contributed by atoms with Gasteiger partial charge in [-0.2, -0.15) is 0 Å². The fraction of sp³-hybridized carbons (Fsp3) is 0.636. The number of carbonyl (C=O) groups excluding carboxylic acids is 1. The van der Waals surface area contributed by atoms with Crippen LogP contribution in [0.15, 0.2) is 10.6 Å². The molecule has 0 spiro atoms. The molecule has 4 heteroatoms. The Hall–Kier alpha value is -1.16. The average Bonchev–Trinajstić information content (AvgIpc) is 2.68. The fourth-order valence-corrected chi connectivity index (χ4v) is 1.73. The van der Waals surface area contributed by atoms with Crippen molar-refractivity contribution < 1.29 is 13.9 Å². The van der Waals surface area contributed by atoms with Crippen molar-refractivity contribution in [3.05, 3.63) is 17.8 Å². The predicted octanol–water partition coefficient (Wildman–Crippen LogP) is 1.99. The quantitative estimate of drug-likeness (QED) is 0.714. The summed E-state index contributed by atoms with van der Waals surface area (Å²) >= 11 is 0. The first kappa shape index (κ1) is 10.4. The molecule has 0 saturated carbocycles. The fourth-order valence-electron chi connectivity index (χ4n) is 1.73. The third-order valence-corrected chi connectivity index (χ3v) is 2.58. The molecule has 82 valence electrons. The first-order chi connectivity index (χ1) is 7.25. The number of hydrogen-bond donors (Lipinski definition) is 0. The SMILES string of the molecule is CC(=O)c1cnc(CC2CCCCO2)o1. The van der Waals surface area contributed by atoms with E-state index < -0.39 is 0 Å². The topological polar surface area (TPSA) is 52.3 Å². The van der Waals surface area contributed by atoms with Gasteiger partial charge in [0.15, 0.2) is 17.4 Å². The standard InChI is InChI=1S/C11H15NO3/c1-8(13)10-7-12-11(15-10)6-9-4-2-3-5-14-9/h7,9H,2-6H2,1H3. The molecule has 2 rings (SSSR count). The Morgan fingerprint density at radius 3 is 3.07 bits per heavy atom. The molecule has 1 aliphatic heterocycles. The number of nitrogens with zero attached hydrogens (tertiary/aromatic N) is 1. The van der Waals surface area contributed by atoms with Gasteiger partial charge in [-0.3, -0.25) is 4.79 Å². The molecule has 1 aromatic rings. The molecule has 1 atom stereocenters. The number of ketones is 1.